The van der Waals surface area contributed by atoms with Crippen molar-refractivity contribution in [2.45, 2.75) is 0 Å². The zero-order valence-corrected chi connectivity index (χ0v) is 15.2. The van der Waals surface area contributed by atoms with Crippen LogP contribution in [0, 0.1) is 21.7 Å². The summed E-state index contributed by atoms with van der Waals surface area (Å²) in [6.07, 6.45) is 0. The van der Waals surface area contributed by atoms with Gasteiger partial charge in [-0.1, -0.05) is 0 Å². The highest BCUT2D eigenvalue weighted by molar-refractivity contribution is 5.99. The quantitative estimate of drug-likeness (QED) is 0.283. The van der Waals surface area contributed by atoms with E-state index in [1.54, 1.807) is 0 Å². The van der Waals surface area contributed by atoms with Crippen LogP contribution in [-0.2, 0) is 14.3 Å². The molecule has 0 saturated heterocycles. The molecule has 0 bridgehead atoms. The van der Waals surface area contributed by atoms with Gasteiger partial charge in [0.25, 0.3) is 11.6 Å². The second-order valence-electron chi connectivity index (χ2n) is 5.66. The summed E-state index contributed by atoms with van der Waals surface area (Å²) in [5.41, 5.74) is -0.239. The lowest BCUT2D eigenvalue weighted by Gasteiger charge is -2.12. The fraction of sp³-hybridized carbons (Fsp3) is 0.222. The van der Waals surface area contributed by atoms with Gasteiger partial charge in [-0.2, -0.15) is 0 Å². The first kappa shape index (κ1) is 21.7. The minimum atomic E-state index is -1.15. The number of carbonyl (C=O) groups is 2. The van der Waals surface area contributed by atoms with Gasteiger partial charge in [-0.15, -0.1) is 0 Å². The lowest BCUT2D eigenvalue weighted by atomic mass is 10.1. The Bertz CT molecular complexity index is 922. The molecule has 0 unspecified atom stereocenters. The van der Waals surface area contributed by atoms with E-state index in [1.165, 1.54) is 19.2 Å². The number of halogens is 2. The molecule has 0 aliphatic heterocycles. The fourth-order valence-electron chi connectivity index (χ4n) is 2.24. The molecule has 29 heavy (non-hydrogen) atoms. The molecule has 0 aromatic heterocycles. The van der Waals surface area contributed by atoms with Crippen molar-refractivity contribution in [2.24, 2.45) is 0 Å². The monoisotopic (exact) mass is 409 g/mol. The van der Waals surface area contributed by atoms with Crippen molar-refractivity contribution in [1.82, 2.24) is 0 Å². The van der Waals surface area contributed by atoms with Crippen molar-refractivity contribution in [3.63, 3.8) is 0 Å². The summed E-state index contributed by atoms with van der Waals surface area (Å²) >= 11 is 0. The molecule has 0 heterocycles. The number of nitrogens with one attached hydrogen (secondary N) is 2. The van der Waals surface area contributed by atoms with Crippen molar-refractivity contribution >= 4 is 28.9 Å². The summed E-state index contributed by atoms with van der Waals surface area (Å²) in [6, 6.07) is 6.31. The maximum absolute atomic E-state index is 13.2. The van der Waals surface area contributed by atoms with E-state index in [1.807, 2.05) is 0 Å². The Morgan fingerprint density at radius 1 is 1.14 bits per heavy atom. The number of ether oxygens (including phenoxy) is 2. The second-order valence-corrected chi connectivity index (χ2v) is 5.66. The van der Waals surface area contributed by atoms with Crippen molar-refractivity contribution in [1.29, 1.82) is 0 Å². The highest BCUT2D eigenvalue weighted by Gasteiger charge is 2.19. The third-order valence-electron chi connectivity index (χ3n) is 3.59. The van der Waals surface area contributed by atoms with Crippen LogP contribution < -0.4 is 10.6 Å². The summed E-state index contributed by atoms with van der Waals surface area (Å²) in [6.45, 7) is -0.0919. The first-order chi connectivity index (χ1) is 13.8. The van der Waals surface area contributed by atoms with Gasteiger partial charge in [0, 0.05) is 43.2 Å². The van der Waals surface area contributed by atoms with E-state index in [0.29, 0.717) is 13.2 Å². The maximum Gasteiger partial charge on any atom is 0.341 e. The summed E-state index contributed by atoms with van der Waals surface area (Å²) in [4.78, 5) is 34.5. The minimum absolute atomic E-state index is 0.0257. The van der Waals surface area contributed by atoms with Gasteiger partial charge in [-0.25, -0.2) is 13.6 Å². The molecule has 2 aromatic carbocycles. The number of amides is 1. The molecule has 0 fully saturated rings. The molecule has 0 aliphatic rings. The van der Waals surface area contributed by atoms with Crippen LogP contribution in [0.15, 0.2) is 36.4 Å². The molecule has 0 radical (unpaired) electrons. The molecular formula is C18H17F2N3O6. The number of hydrogen-bond acceptors (Lipinski definition) is 7. The molecular weight excluding hydrogens is 392 g/mol. The Morgan fingerprint density at radius 2 is 1.90 bits per heavy atom. The van der Waals surface area contributed by atoms with Gasteiger partial charge in [0.05, 0.1) is 17.1 Å². The lowest BCUT2D eigenvalue weighted by molar-refractivity contribution is -0.384. The van der Waals surface area contributed by atoms with Crippen LogP contribution in [-0.4, -0.2) is 43.7 Å². The standard InChI is InChI=1S/C18H17F2N3O6/c1-28-7-6-21-16-5-3-12(23(26)27)9-13(16)18(25)29-10-17(24)22-11-2-4-14(19)15(20)8-11/h2-5,8-9,21H,6-7,10H2,1H3,(H,22,24). The van der Waals surface area contributed by atoms with Gasteiger partial charge in [0.2, 0.25) is 0 Å². The fourth-order valence-corrected chi connectivity index (χ4v) is 2.24. The molecule has 2 N–H and O–H groups in total. The predicted molar refractivity (Wildman–Crippen MR) is 98.7 cm³/mol. The number of hydrogen-bond donors (Lipinski definition) is 2. The molecule has 2 rings (SSSR count). The number of benzene rings is 2. The van der Waals surface area contributed by atoms with Crippen molar-refractivity contribution < 1.29 is 32.8 Å². The summed E-state index contributed by atoms with van der Waals surface area (Å²) in [5, 5.41) is 16.1. The summed E-state index contributed by atoms with van der Waals surface area (Å²) in [5.74, 6) is -4.01. The average Bonchev–Trinajstić information content (AvgIpc) is 2.69. The number of non-ortho nitro benzene ring substituents is 1. The van der Waals surface area contributed by atoms with Crippen LogP contribution in [0.5, 0.6) is 0 Å². The van der Waals surface area contributed by atoms with Gasteiger partial charge in [-0.05, 0) is 18.2 Å². The lowest BCUT2D eigenvalue weighted by Crippen LogP contribution is -2.22. The van der Waals surface area contributed by atoms with Gasteiger partial charge in [0.15, 0.2) is 18.2 Å². The number of nitro groups is 1. The number of carbonyl (C=O) groups excluding carboxylic acids is 2. The molecule has 0 saturated carbocycles. The zero-order chi connectivity index (χ0) is 21.4. The number of nitrogens with zero attached hydrogens (tertiary/aromatic N) is 1. The van der Waals surface area contributed by atoms with Crippen LogP contribution in [0.3, 0.4) is 0 Å². The van der Waals surface area contributed by atoms with Crippen molar-refractivity contribution in [3.8, 4) is 0 Å². The number of methoxy groups -OCH3 is 1. The summed E-state index contributed by atoms with van der Waals surface area (Å²) < 4.78 is 35.8. The SMILES string of the molecule is COCCNc1ccc([N+](=O)[O-])cc1C(=O)OCC(=O)Nc1ccc(F)c(F)c1. The van der Waals surface area contributed by atoms with E-state index >= 15 is 0 Å². The van der Waals surface area contributed by atoms with E-state index in [-0.39, 0.29) is 22.6 Å². The zero-order valence-electron chi connectivity index (χ0n) is 15.2. The maximum atomic E-state index is 13.2. The van der Waals surface area contributed by atoms with Gasteiger partial charge >= 0.3 is 5.97 Å². The Morgan fingerprint density at radius 3 is 2.55 bits per heavy atom. The Balaban J connectivity index is 2.05. The van der Waals surface area contributed by atoms with E-state index in [9.17, 15) is 28.5 Å². The highest BCUT2D eigenvalue weighted by atomic mass is 19.2. The molecule has 0 aliphatic carbocycles. The third-order valence-corrected chi connectivity index (χ3v) is 3.59. The van der Waals surface area contributed by atoms with Crippen LogP contribution in [0.25, 0.3) is 0 Å². The van der Waals surface area contributed by atoms with Crippen LogP contribution in [0.1, 0.15) is 10.4 Å². The topological polar surface area (TPSA) is 120 Å². The number of anilines is 2. The van der Waals surface area contributed by atoms with E-state index in [0.717, 1.165) is 24.3 Å². The molecule has 11 heteroatoms. The molecule has 154 valence electrons. The first-order valence-corrected chi connectivity index (χ1v) is 8.25. The number of nitro benzene ring substituents is 1. The normalized spacial score (nSPS) is 10.3. The molecule has 9 nitrogen and oxygen atoms in total. The largest absolute Gasteiger partial charge is 0.452 e. The third kappa shape index (κ3) is 6.21. The Hall–Kier alpha value is -3.60. The predicted octanol–water partition coefficient (Wildman–Crippen LogP) is 2.73. The van der Waals surface area contributed by atoms with Gasteiger partial charge < -0.3 is 20.1 Å². The van der Waals surface area contributed by atoms with Crippen LogP contribution >= 0.6 is 0 Å². The molecule has 0 spiro atoms. The van der Waals surface area contributed by atoms with Crippen LogP contribution in [0.4, 0.5) is 25.8 Å². The molecule has 2 aromatic rings. The van der Waals surface area contributed by atoms with E-state index in [2.05, 4.69) is 10.6 Å². The Kier molecular flexibility index (Phi) is 7.54. The number of esters is 1. The van der Waals surface area contributed by atoms with Crippen molar-refractivity contribution in [2.75, 3.05) is 37.5 Å². The first-order valence-electron chi connectivity index (χ1n) is 8.25. The summed E-state index contributed by atoms with van der Waals surface area (Å²) in [7, 11) is 1.48. The van der Waals surface area contributed by atoms with E-state index in [4.69, 9.17) is 9.47 Å². The number of rotatable bonds is 9. The Labute approximate surface area is 163 Å². The van der Waals surface area contributed by atoms with Gasteiger partial charge in [-0.3, -0.25) is 14.9 Å². The second kappa shape index (κ2) is 10.1. The van der Waals surface area contributed by atoms with E-state index < -0.39 is 35.0 Å². The molecule has 1 amide bonds. The average molecular weight is 409 g/mol. The van der Waals surface area contributed by atoms with Crippen LogP contribution in [0.2, 0.25) is 0 Å². The molecule has 0 atom stereocenters. The van der Waals surface area contributed by atoms with Gasteiger partial charge in [0.1, 0.15) is 0 Å². The minimum Gasteiger partial charge on any atom is -0.452 e. The smallest absolute Gasteiger partial charge is 0.341 e. The van der Waals surface area contributed by atoms with Crippen molar-refractivity contribution in [3.05, 3.63) is 63.7 Å². The highest BCUT2D eigenvalue weighted by Crippen LogP contribution is 2.23.